The van der Waals surface area contributed by atoms with Crippen molar-refractivity contribution in [3.8, 4) is 0 Å². The van der Waals surface area contributed by atoms with Gasteiger partial charge >= 0.3 is 0 Å². The van der Waals surface area contributed by atoms with Gasteiger partial charge in [0.25, 0.3) is 0 Å². The third-order valence-electron chi connectivity index (χ3n) is 2.17. The van der Waals surface area contributed by atoms with Gasteiger partial charge in [0.15, 0.2) is 5.82 Å². The minimum atomic E-state index is -0.588. The first-order valence-corrected chi connectivity index (χ1v) is 6.40. The maximum atomic E-state index is 5.88. The highest BCUT2D eigenvalue weighted by atomic mass is 32.2. The van der Waals surface area contributed by atoms with Crippen molar-refractivity contribution in [3.05, 3.63) is 30.0 Å². The number of nitrogen functional groups attached to an aromatic ring is 1. The lowest BCUT2D eigenvalue weighted by Gasteiger charge is -2.11. The Kier molecular flexibility index (Phi) is 3.53. The number of hydrogen-bond acceptors (Lipinski definition) is 7. The highest BCUT2D eigenvalue weighted by molar-refractivity contribution is 7.98. The van der Waals surface area contributed by atoms with Gasteiger partial charge in [0.2, 0.25) is 5.89 Å². The predicted octanol–water partition coefficient (Wildman–Crippen LogP) is 1.53. The fourth-order valence-corrected chi connectivity index (χ4v) is 1.90. The number of pyridine rings is 1. The summed E-state index contributed by atoms with van der Waals surface area (Å²) < 4.78 is 5.13. The van der Waals surface area contributed by atoms with Gasteiger partial charge in [-0.15, -0.1) is 11.8 Å². The smallest absolute Gasteiger partial charge is 0.237 e. The Morgan fingerprint density at radius 1 is 1.39 bits per heavy atom. The summed E-state index contributed by atoms with van der Waals surface area (Å²) >= 11 is 1.55. The van der Waals surface area contributed by atoms with Gasteiger partial charge in [-0.25, -0.2) is 4.98 Å². The highest BCUT2D eigenvalue weighted by Crippen LogP contribution is 2.22. The van der Waals surface area contributed by atoms with E-state index in [4.69, 9.17) is 16.0 Å². The number of anilines is 1. The number of aromatic nitrogens is 3. The fraction of sp³-hybridized carbons (Fsp3) is 0.364. The molecule has 2 aromatic heterocycles. The first kappa shape index (κ1) is 12.8. The van der Waals surface area contributed by atoms with E-state index < -0.39 is 5.54 Å². The summed E-state index contributed by atoms with van der Waals surface area (Å²) in [5, 5.41) is 3.85. The molecule has 0 fully saturated rings. The van der Waals surface area contributed by atoms with Crippen molar-refractivity contribution in [1.82, 2.24) is 15.1 Å². The van der Waals surface area contributed by atoms with Crippen LogP contribution in [0.25, 0.3) is 0 Å². The molecule has 0 bridgehead atoms. The molecule has 2 aromatic rings. The van der Waals surface area contributed by atoms with Crippen LogP contribution in [0.3, 0.4) is 0 Å². The van der Waals surface area contributed by atoms with Crippen LogP contribution >= 0.6 is 11.8 Å². The monoisotopic (exact) mass is 265 g/mol. The molecule has 2 rings (SSSR count). The molecule has 0 aliphatic heterocycles. The molecule has 4 N–H and O–H groups in total. The van der Waals surface area contributed by atoms with Gasteiger partial charge in [0, 0.05) is 11.1 Å². The Morgan fingerprint density at radius 2 is 2.17 bits per heavy atom. The second-order valence-electron chi connectivity index (χ2n) is 4.44. The third-order valence-corrected chi connectivity index (χ3v) is 3.13. The van der Waals surface area contributed by atoms with Gasteiger partial charge in [0.1, 0.15) is 5.82 Å². The number of hydrogen-bond donors (Lipinski definition) is 2. The van der Waals surface area contributed by atoms with Crippen molar-refractivity contribution in [3.63, 3.8) is 0 Å². The Morgan fingerprint density at radius 3 is 2.72 bits per heavy atom. The van der Waals surface area contributed by atoms with Gasteiger partial charge in [-0.05, 0) is 26.0 Å². The number of rotatable bonds is 4. The molecule has 0 aliphatic rings. The summed E-state index contributed by atoms with van der Waals surface area (Å²) in [7, 11) is 0. The molecule has 0 aromatic carbocycles. The Balaban J connectivity index is 1.98. The molecule has 0 spiro atoms. The molecule has 18 heavy (non-hydrogen) atoms. The van der Waals surface area contributed by atoms with Crippen molar-refractivity contribution >= 4 is 17.6 Å². The minimum absolute atomic E-state index is 0.504. The molecule has 0 radical (unpaired) electrons. The summed E-state index contributed by atoms with van der Waals surface area (Å²) in [5.74, 6) is 2.14. The van der Waals surface area contributed by atoms with Gasteiger partial charge in [-0.1, -0.05) is 5.16 Å². The fourth-order valence-electron chi connectivity index (χ4n) is 1.20. The van der Waals surface area contributed by atoms with Gasteiger partial charge in [-0.3, -0.25) is 0 Å². The molecule has 2 heterocycles. The first-order valence-electron chi connectivity index (χ1n) is 5.41. The van der Waals surface area contributed by atoms with E-state index in [-0.39, 0.29) is 0 Å². The molecule has 0 amide bonds. The number of nitrogens with zero attached hydrogens (tertiary/aromatic N) is 3. The van der Waals surface area contributed by atoms with Gasteiger partial charge < -0.3 is 16.0 Å². The maximum Gasteiger partial charge on any atom is 0.237 e. The lowest BCUT2D eigenvalue weighted by atomic mass is 10.1. The molecule has 96 valence electrons. The van der Waals surface area contributed by atoms with Crippen LogP contribution in [0.2, 0.25) is 0 Å². The zero-order chi connectivity index (χ0) is 13.2. The standard InChI is InChI=1S/C11H15N5OS/c1-11(2,13)10-15-9(17-16-10)6-18-7-3-4-8(12)14-5-7/h3-5H,6,13H2,1-2H3,(H2,12,14). The first-order chi connectivity index (χ1) is 8.45. The predicted molar refractivity (Wildman–Crippen MR) is 69.7 cm³/mol. The lowest BCUT2D eigenvalue weighted by Crippen LogP contribution is -2.30. The third kappa shape index (κ3) is 3.21. The summed E-state index contributed by atoms with van der Waals surface area (Å²) in [5.41, 5.74) is 10.8. The second-order valence-corrected chi connectivity index (χ2v) is 5.49. The molecular formula is C11H15N5OS. The average Bonchev–Trinajstić information content (AvgIpc) is 2.77. The van der Waals surface area contributed by atoms with Crippen LogP contribution in [0, 0.1) is 0 Å². The Hall–Kier alpha value is -1.60. The van der Waals surface area contributed by atoms with E-state index in [2.05, 4.69) is 15.1 Å². The molecule has 0 saturated carbocycles. The van der Waals surface area contributed by atoms with E-state index in [9.17, 15) is 0 Å². The van der Waals surface area contributed by atoms with Crippen LogP contribution in [-0.4, -0.2) is 15.1 Å². The van der Waals surface area contributed by atoms with E-state index in [1.807, 2.05) is 19.9 Å². The molecule has 6 nitrogen and oxygen atoms in total. The van der Waals surface area contributed by atoms with Crippen molar-refractivity contribution < 1.29 is 4.52 Å². The minimum Gasteiger partial charge on any atom is -0.384 e. The normalized spacial score (nSPS) is 11.7. The summed E-state index contributed by atoms with van der Waals surface area (Å²) in [6.45, 7) is 3.66. The van der Waals surface area contributed by atoms with Crippen LogP contribution in [0.1, 0.15) is 25.6 Å². The Bertz CT molecular complexity index is 517. The van der Waals surface area contributed by atoms with Gasteiger partial charge in [0.05, 0.1) is 11.3 Å². The lowest BCUT2D eigenvalue weighted by molar-refractivity contribution is 0.370. The number of nitrogens with two attached hydrogens (primary N) is 2. The summed E-state index contributed by atoms with van der Waals surface area (Å²) in [6, 6.07) is 3.65. The maximum absolute atomic E-state index is 5.88. The second kappa shape index (κ2) is 4.95. The van der Waals surface area contributed by atoms with E-state index >= 15 is 0 Å². The van der Waals surface area contributed by atoms with Crippen molar-refractivity contribution in [2.75, 3.05) is 5.73 Å². The van der Waals surface area contributed by atoms with Crippen LogP contribution in [0.4, 0.5) is 5.82 Å². The average molecular weight is 265 g/mol. The summed E-state index contributed by atoms with van der Waals surface area (Å²) in [6.07, 6.45) is 1.71. The zero-order valence-corrected chi connectivity index (χ0v) is 11.1. The van der Waals surface area contributed by atoms with Gasteiger partial charge in [-0.2, -0.15) is 4.98 Å². The van der Waals surface area contributed by atoms with Crippen LogP contribution in [0.5, 0.6) is 0 Å². The SMILES string of the molecule is CC(C)(N)c1noc(CSc2ccc(N)nc2)n1. The summed E-state index contributed by atoms with van der Waals surface area (Å²) in [4.78, 5) is 9.25. The van der Waals surface area contributed by atoms with E-state index in [1.165, 1.54) is 0 Å². The van der Waals surface area contributed by atoms with Crippen LogP contribution < -0.4 is 11.5 Å². The van der Waals surface area contributed by atoms with Crippen molar-refractivity contribution in [1.29, 1.82) is 0 Å². The van der Waals surface area contributed by atoms with Crippen molar-refractivity contribution in [2.45, 2.75) is 30.0 Å². The molecule has 0 unspecified atom stereocenters. The zero-order valence-electron chi connectivity index (χ0n) is 10.3. The molecular weight excluding hydrogens is 250 g/mol. The largest absolute Gasteiger partial charge is 0.384 e. The van der Waals surface area contributed by atoms with Crippen LogP contribution in [-0.2, 0) is 11.3 Å². The molecule has 7 heteroatoms. The molecule has 0 aliphatic carbocycles. The van der Waals surface area contributed by atoms with E-state index in [0.717, 1.165) is 4.90 Å². The topological polar surface area (TPSA) is 104 Å². The molecule has 0 atom stereocenters. The van der Waals surface area contributed by atoms with E-state index in [1.54, 1.807) is 24.0 Å². The van der Waals surface area contributed by atoms with Crippen molar-refractivity contribution in [2.24, 2.45) is 5.73 Å². The molecule has 0 saturated heterocycles. The quantitative estimate of drug-likeness (QED) is 0.808. The van der Waals surface area contributed by atoms with Crippen LogP contribution in [0.15, 0.2) is 27.7 Å². The number of thioether (sulfide) groups is 1. The highest BCUT2D eigenvalue weighted by Gasteiger charge is 2.21. The Labute approximate surface area is 109 Å². The van der Waals surface area contributed by atoms with E-state index in [0.29, 0.717) is 23.3 Å².